The predicted octanol–water partition coefficient (Wildman–Crippen LogP) is 1.05. The van der Waals surface area contributed by atoms with Crippen LogP contribution in [0.25, 0.3) is 0 Å². The van der Waals surface area contributed by atoms with E-state index in [4.69, 9.17) is 17.3 Å². The highest BCUT2D eigenvalue weighted by Gasteiger charge is 2.32. The smallest absolute Gasteiger partial charge is 0.282 e. The lowest BCUT2D eigenvalue weighted by Gasteiger charge is -2.24. The van der Waals surface area contributed by atoms with Crippen molar-refractivity contribution in [2.45, 2.75) is 19.0 Å². The Morgan fingerprint density at radius 1 is 1.42 bits per heavy atom. The topological polar surface area (TPSA) is 66.6 Å². The summed E-state index contributed by atoms with van der Waals surface area (Å²) in [6.45, 7) is 1.22. The van der Waals surface area contributed by atoms with E-state index >= 15 is 0 Å². The normalized spacial score (nSPS) is 21.2. The number of benzene rings is 1. The lowest BCUT2D eigenvalue weighted by molar-refractivity contribution is 0.389. The van der Waals surface area contributed by atoms with E-state index in [0.29, 0.717) is 31.1 Å². The second-order valence-electron chi connectivity index (χ2n) is 4.80. The standard InChI is InChI=1S/C12H18ClN3O2S/c1-15(8-10-2-4-11(13)5-3-10)19(17,18)16-7-6-12(14)9-16/h2-5,12H,6-9,14H2,1H3/t12-/m0/s1. The number of rotatable bonds is 4. The third kappa shape index (κ3) is 3.46. The van der Waals surface area contributed by atoms with E-state index in [9.17, 15) is 8.42 Å². The summed E-state index contributed by atoms with van der Waals surface area (Å²) in [4.78, 5) is 0. The molecule has 19 heavy (non-hydrogen) atoms. The molecule has 1 atom stereocenters. The van der Waals surface area contributed by atoms with E-state index in [0.717, 1.165) is 5.56 Å². The first-order chi connectivity index (χ1) is 8.89. The van der Waals surface area contributed by atoms with Gasteiger partial charge in [0.25, 0.3) is 10.2 Å². The third-order valence-electron chi connectivity index (χ3n) is 3.23. The Hall–Kier alpha value is -0.660. The second-order valence-corrected chi connectivity index (χ2v) is 7.27. The lowest BCUT2D eigenvalue weighted by Crippen LogP contribution is -2.41. The molecule has 106 valence electrons. The average Bonchev–Trinajstić information content (AvgIpc) is 2.79. The Morgan fingerprint density at radius 2 is 2.05 bits per heavy atom. The molecule has 0 saturated carbocycles. The highest BCUT2D eigenvalue weighted by Crippen LogP contribution is 2.18. The molecule has 2 N–H and O–H groups in total. The summed E-state index contributed by atoms with van der Waals surface area (Å²) >= 11 is 5.80. The van der Waals surface area contributed by atoms with Gasteiger partial charge < -0.3 is 5.73 Å². The maximum absolute atomic E-state index is 12.3. The van der Waals surface area contributed by atoms with E-state index in [1.807, 2.05) is 12.1 Å². The summed E-state index contributed by atoms with van der Waals surface area (Å²) in [6, 6.07) is 7.10. The van der Waals surface area contributed by atoms with Crippen molar-refractivity contribution >= 4 is 21.8 Å². The Kier molecular flexibility index (Phi) is 4.47. The summed E-state index contributed by atoms with van der Waals surface area (Å²) < 4.78 is 27.4. The van der Waals surface area contributed by atoms with E-state index in [2.05, 4.69) is 0 Å². The van der Waals surface area contributed by atoms with Gasteiger partial charge in [-0.05, 0) is 24.1 Å². The average molecular weight is 304 g/mol. The fraction of sp³-hybridized carbons (Fsp3) is 0.500. The van der Waals surface area contributed by atoms with Gasteiger partial charge >= 0.3 is 0 Å². The molecule has 0 unspecified atom stereocenters. The van der Waals surface area contributed by atoms with Gasteiger partial charge in [-0.1, -0.05) is 23.7 Å². The molecule has 5 nitrogen and oxygen atoms in total. The molecule has 0 aliphatic carbocycles. The molecule has 0 bridgehead atoms. The quantitative estimate of drug-likeness (QED) is 0.904. The van der Waals surface area contributed by atoms with E-state index in [1.165, 1.54) is 8.61 Å². The molecule has 2 rings (SSSR count). The molecular formula is C12H18ClN3O2S. The third-order valence-corrected chi connectivity index (χ3v) is 5.38. The first-order valence-corrected chi connectivity index (χ1v) is 7.88. The zero-order valence-electron chi connectivity index (χ0n) is 10.8. The Morgan fingerprint density at radius 3 is 2.58 bits per heavy atom. The van der Waals surface area contributed by atoms with Gasteiger partial charge in [-0.25, -0.2) is 0 Å². The molecule has 1 aromatic carbocycles. The molecule has 1 saturated heterocycles. The predicted molar refractivity (Wildman–Crippen MR) is 76.0 cm³/mol. The minimum absolute atomic E-state index is 0.0568. The SMILES string of the molecule is CN(Cc1ccc(Cl)cc1)S(=O)(=O)N1CC[C@H](N)C1. The number of hydrogen-bond donors (Lipinski definition) is 1. The minimum Gasteiger partial charge on any atom is -0.326 e. The number of nitrogens with zero attached hydrogens (tertiary/aromatic N) is 2. The molecular weight excluding hydrogens is 286 g/mol. The molecule has 1 aromatic rings. The van der Waals surface area contributed by atoms with Gasteiger partial charge in [0.05, 0.1) is 0 Å². The highest BCUT2D eigenvalue weighted by atomic mass is 35.5. The van der Waals surface area contributed by atoms with Crippen LogP contribution >= 0.6 is 11.6 Å². The molecule has 0 spiro atoms. The fourth-order valence-electron chi connectivity index (χ4n) is 2.09. The maximum atomic E-state index is 12.3. The minimum atomic E-state index is -3.43. The first-order valence-electron chi connectivity index (χ1n) is 6.11. The summed E-state index contributed by atoms with van der Waals surface area (Å²) in [5.41, 5.74) is 6.65. The molecule has 0 amide bonds. The van der Waals surface area contributed by atoms with Crippen LogP contribution in [-0.2, 0) is 16.8 Å². The van der Waals surface area contributed by atoms with Crippen LogP contribution in [0.15, 0.2) is 24.3 Å². The van der Waals surface area contributed by atoms with Crippen molar-refractivity contribution in [2.24, 2.45) is 5.73 Å². The monoisotopic (exact) mass is 303 g/mol. The summed E-state index contributed by atoms with van der Waals surface area (Å²) in [5.74, 6) is 0. The van der Waals surface area contributed by atoms with Gasteiger partial charge in [-0.3, -0.25) is 0 Å². The van der Waals surface area contributed by atoms with Crippen molar-refractivity contribution in [2.75, 3.05) is 20.1 Å². The zero-order valence-corrected chi connectivity index (χ0v) is 12.4. The Bertz CT molecular complexity index is 532. The molecule has 7 heteroatoms. The van der Waals surface area contributed by atoms with Gasteiger partial charge in [0.2, 0.25) is 0 Å². The van der Waals surface area contributed by atoms with Crippen LogP contribution < -0.4 is 5.73 Å². The Balaban J connectivity index is 2.06. The van der Waals surface area contributed by atoms with Crippen molar-refractivity contribution in [3.05, 3.63) is 34.9 Å². The van der Waals surface area contributed by atoms with Gasteiger partial charge in [0.15, 0.2) is 0 Å². The molecule has 1 aliphatic heterocycles. The van der Waals surface area contributed by atoms with Crippen molar-refractivity contribution in [1.29, 1.82) is 0 Å². The molecule has 0 radical (unpaired) electrons. The van der Waals surface area contributed by atoms with Crippen LogP contribution in [0.5, 0.6) is 0 Å². The Labute approximate surface area is 119 Å². The number of nitrogens with two attached hydrogens (primary N) is 1. The fourth-order valence-corrected chi connectivity index (χ4v) is 3.64. The first kappa shape index (κ1) is 14.7. The largest absolute Gasteiger partial charge is 0.326 e. The molecule has 1 heterocycles. The number of hydrogen-bond acceptors (Lipinski definition) is 3. The van der Waals surface area contributed by atoms with Gasteiger partial charge in [0.1, 0.15) is 0 Å². The van der Waals surface area contributed by atoms with Crippen LogP contribution in [0, 0.1) is 0 Å². The van der Waals surface area contributed by atoms with Gasteiger partial charge in [-0.2, -0.15) is 17.0 Å². The van der Waals surface area contributed by atoms with Crippen LogP contribution in [0.1, 0.15) is 12.0 Å². The van der Waals surface area contributed by atoms with E-state index < -0.39 is 10.2 Å². The van der Waals surface area contributed by atoms with Crippen molar-refractivity contribution in [3.63, 3.8) is 0 Å². The summed E-state index contributed by atoms with van der Waals surface area (Å²) in [7, 11) is -1.85. The second kappa shape index (κ2) is 5.76. The van der Waals surface area contributed by atoms with Crippen LogP contribution in [-0.4, -0.2) is 43.2 Å². The zero-order chi connectivity index (χ0) is 14.0. The van der Waals surface area contributed by atoms with Crippen LogP contribution in [0.4, 0.5) is 0 Å². The maximum Gasteiger partial charge on any atom is 0.282 e. The van der Waals surface area contributed by atoms with Crippen molar-refractivity contribution in [3.8, 4) is 0 Å². The van der Waals surface area contributed by atoms with Crippen LogP contribution in [0.3, 0.4) is 0 Å². The highest BCUT2D eigenvalue weighted by molar-refractivity contribution is 7.86. The van der Waals surface area contributed by atoms with Crippen LogP contribution in [0.2, 0.25) is 5.02 Å². The van der Waals surface area contributed by atoms with Crippen molar-refractivity contribution < 1.29 is 8.42 Å². The molecule has 1 aliphatic rings. The number of halogens is 1. The van der Waals surface area contributed by atoms with E-state index in [-0.39, 0.29) is 6.04 Å². The van der Waals surface area contributed by atoms with Gasteiger partial charge in [0, 0.05) is 37.7 Å². The molecule has 0 aromatic heterocycles. The summed E-state index contributed by atoms with van der Waals surface area (Å²) in [5, 5.41) is 0.639. The van der Waals surface area contributed by atoms with Crippen molar-refractivity contribution in [1.82, 2.24) is 8.61 Å². The molecule has 1 fully saturated rings. The van der Waals surface area contributed by atoms with E-state index in [1.54, 1.807) is 19.2 Å². The summed E-state index contributed by atoms with van der Waals surface area (Å²) in [6.07, 6.45) is 0.716. The van der Waals surface area contributed by atoms with Gasteiger partial charge in [-0.15, -0.1) is 0 Å². The lowest BCUT2D eigenvalue weighted by atomic mass is 10.2.